The van der Waals surface area contributed by atoms with Gasteiger partial charge in [0.2, 0.25) is 5.91 Å². The molecule has 1 aliphatic carbocycles. The Kier molecular flexibility index (Phi) is 6.57. The number of anilines is 1. The third-order valence-electron chi connectivity index (χ3n) is 4.30. The van der Waals surface area contributed by atoms with Crippen molar-refractivity contribution in [3.63, 3.8) is 0 Å². The highest BCUT2D eigenvalue weighted by atomic mass is 35.5. The number of nitrogens with two attached hydrogens (primary N) is 1. The fraction of sp³-hybridized carbons (Fsp3) is 0.412. The topological polar surface area (TPSA) is 68.0 Å². The standard InChI is InChI=1S/C17H21N3OS.ClH/c18-10-13-7-4-8-15(13)16(21)20-17-19-11-14(22-17)9-12-5-2-1-3-6-12;/h1-3,5-6,11,13,15H,4,7-10,18H2,(H,19,20,21);1H/t13-,15-;/m1./s1. The highest BCUT2D eigenvalue weighted by molar-refractivity contribution is 7.15. The molecule has 4 nitrogen and oxygen atoms in total. The van der Waals surface area contributed by atoms with Crippen molar-refractivity contribution in [2.24, 2.45) is 17.6 Å². The van der Waals surface area contributed by atoms with E-state index in [-0.39, 0.29) is 24.2 Å². The van der Waals surface area contributed by atoms with E-state index < -0.39 is 0 Å². The van der Waals surface area contributed by atoms with Gasteiger partial charge in [-0.3, -0.25) is 4.79 Å². The van der Waals surface area contributed by atoms with E-state index in [1.165, 1.54) is 5.56 Å². The number of benzene rings is 1. The molecule has 0 radical (unpaired) electrons. The first-order valence-electron chi connectivity index (χ1n) is 7.76. The van der Waals surface area contributed by atoms with Gasteiger partial charge in [0.05, 0.1) is 0 Å². The second kappa shape index (κ2) is 8.43. The molecule has 1 aromatic carbocycles. The molecule has 3 N–H and O–H groups in total. The number of carbonyl (C=O) groups is 1. The van der Waals surface area contributed by atoms with E-state index >= 15 is 0 Å². The van der Waals surface area contributed by atoms with Gasteiger partial charge in [0.25, 0.3) is 0 Å². The molecular formula is C17H22ClN3OS. The molecule has 124 valence electrons. The molecule has 1 fully saturated rings. The minimum atomic E-state index is 0. The Morgan fingerprint density at radius 2 is 2.09 bits per heavy atom. The number of thiazole rings is 1. The molecule has 0 saturated heterocycles. The first kappa shape index (κ1) is 17.9. The van der Waals surface area contributed by atoms with Crippen molar-refractivity contribution < 1.29 is 4.79 Å². The van der Waals surface area contributed by atoms with Crippen molar-refractivity contribution in [2.75, 3.05) is 11.9 Å². The highest BCUT2D eigenvalue weighted by Gasteiger charge is 2.32. The van der Waals surface area contributed by atoms with Crippen LogP contribution in [0.25, 0.3) is 0 Å². The number of amides is 1. The molecule has 3 rings (SSSR count). The average molecular weight is 352 g/mol. The Bertz CT molecular complexity index is 632. The van der Waals surface area contributed by atoms with Gasteiger partial charge in [-0.15, -0.1) is 23.7 Å². The third kappa shape index (κ3) is 4.53. The van der Waals surface area contributed by atoms with Crippen LogP contribution in [0.15, 0.2) is 36.5 Å². The Morgan fingerprint density at radius 3 is 2.83 bits per heavy atom. The number of carbonyl (C=O) groups excluding carboxylic acids is 1. The van der Waals surface area contributed by atoms with Gasteiger partial charge in [0, 0.05) is 23.4 Å². The van der Waals surface area contributed by atoms with Crippen molar-refractivity contribution in [2.45, 2.75) is 25.7 Å². The molecular weight excluding hydrogens is 330 g/mol. The van der Waals surface area contributed by atoms with Crippen molar-refractivity contribution in [1.29, 1.82) is 0 Å². The molecule has 1 saturated carbocycles. The predicted molar refractivity (Wildman–Crippen MR) is 97.1 cm³/mol. The summed E-state index contributed by atoms with van der Waals surface area (Å²) in [5.41, 5.74) is 7.01. The molecule has 0 aliphatic heterocycles. The quantitative estimate of drug-likeness (QED) is 0.866. The van der Waals surface area contributed by atoms with Crippen LogP contribution in [0.4, 0.5) is 5.13 Å². The molecule has 1 aromatic heterocycles. The van der Waals surface area contributed by atoms with E-state index in [0.717, 1.165) is 30.6 Å². The van der Waals surface area contributed by atoms with Crippen molar-refractivity contribution >= 4 is 34.8 Å². The number of nitrogens with zero attached hydrogens (tertiary/aromatic N) is 1. The zero-order valence-electron chi connectivity index (χ0n) is 12.9. The molecule has 6 heteroatoms. The lowest BCUT2D eigenvalue weighted by atomic mass is 9.95. The van der Waals surface area contributed by atoms with Crippen LogP contribution >= 0.6 is 23.7 Å². The van der Waals surface area contributed by atoms with Crippen molar-refractivity contribution in [3.8, 4) is 0 Å². The first-order valence-corrected chi connectivity index (χ1v) is 8.57. The van der Waals surface area contributed by atoms with E-state index in [0.29, 0.717) is 17.6 Å². The first-order chi connectivity index (χ1) is 10.8. The number of nitrogens with one attached hydrogen (secondary N) is 1. The van der Waals surface area contributed by atoms with E-state index in [9.17, 15) is 4.79 Å². The zero-order valence-corrected chi connectivity index (χ0v) is 14.5. The highest BCUT2D eigenvalue weighted by Crippen LogP contribution is 2.32. The second-order valence-corrected chi connectivity index (χ2v) is 6.93. The third-order valence-corrected chi connectivity index (χ3v) is 5.22. The fourth-order valence-electron chi connectivity index (χ4n) is 3.11. The lowest BCUT2D eigenvalue weighted by molar-refractivity contribution is -0.120. The lowest BCUT2D eigenvalue weighted by Gasteiger charge is -2.16. The Balaban J connectivity index is 0.00000192. The summed E-state index contributed by atoms with van der Waals surface area (Å²) in [5.74, 6) is 0.448. The zero-order chi connectivity index (χ0) is 15.4. The maximum Gasteiger partial charge on any atom is 0.229 e. The predicted octanol–water partition coefficient (Wildman–Crippen LogP) is 3.47. The SMILES string of the molecule is Cl.NC[C@H]1CCC[C@H]1C(=O)Nc1ncc(Cc2ccccc2)s1. The van der Waals surface area contributed by atoms with Gasteiger partial charge >= 0.3 is 0 Å². The number of aromatic nitrogens is 1. The summed E-state index contributed by atoms with van der Waals surface area (Å²) >= 11 is 1.55. The van der Waals surface area contributed by atoms with Crippen molar-refractivity contribution in [3.05, 3.63) is 47.0 Å². The van der Waals surface area contributed by atoms with Gasteiger partial charge in [-0.2, -0.15) is 0 Å². The average Bonchev–Trinajstić information content (AvgIpc) is 3.17. The van der Waals surface area contributed by atoms with E-state index in [1.54, 1.807) is 11.3 Å². The summed E-state index contributed by atoms with van der Waals surface area (Å²) in [6, 6.07) is 10.3. The maximum absolute atomic E-state index is 12.4. The summed E-state index contributed by atoms with van der Waals surface area (Å²) in [7, 11) is 0. The van der Waals surface area contributed by atoms with Gasteiger partial charge in [-0.25, -0.2) is 4.98 Å². The van der Waals surface area contributed by atoms with E-state index in [1.807, 2.05) is 24.4 Å². The minimum Gasteiger partial charge on any atom is -0.330 e. The van der Waals surface area contributed by atoms with Crippen LogP contribution in [0.2, 0.25) is 0 Å². The largest absolute Gasteiger partial charge is 0.330 e. The maximum atomic E-state index is 12.4. The van der Waals surface area contributed by atoms with Crippen LogP contribution < -0.4 is 11.1 Å². The molecule has 2 aromatic rings. The van der Waals surface area contributed by atoms with Gasteiger partial charge in [-0.05, 0) is 30.9 Å². The molecule has 0 spiro atoms. The van der Waals surface area contributed by atoms with Crippen LogP contribution in [0.5, 0.6) is 0 Å². The van der Waals surface area contributed by atoms with Gasteiger partial charge in [0.15, 0.2) is 5.13 Å². The number of rotatable bonds is 5. The minimum absolute atomic E-state index is 0. The number of hydrogen-bond acceptors (Lipinski definition) is 4. The molecule has 1 amide bonds. The van der Waals surface area contributed by atoms with Gasteiger partial charge < -0.3 is 11.1 Å². The second-order valence-electron chi connectivity index (χ2n) is 5.82. The molecule has 0 bridgehead atoms. The summed E-state index contributed by atoms with van der Waals surface area (Å²) < 4.78 is 0. The molecule has 23 heavy (non-hydrogen) atoms. The van der Waals surface area contributed by atoms with Crippen LogP contribution in [0.1, 0.15) is 29.7 Å². The summed E-state index contributed by atoms with van der Waals surface area (Å²) in [6.07, 6.45) is 5.80. The van der Waals surface area contributed by atoms with Crippen LogP contribution in [-0.4, -0.2) is 17.4 Å². The lowest BCUT2D eigenvalue weighted by Crippen LogP contribution is -2.29. The Labute approximate surface area is 146 Å². The number of hydrogen-bond donors (Lipinski definition) is 2. The van der Waals surface area contributed by atoms with Crippen molar-refractivity contribution in [1.82, 2.24) is 4.98 Å². The molecule has 2 atom stereocenters. The number of halogens is 1. The van der Waals surface area contributed by atoms with Crippen LogP contribution in [0.3, 0.4) is 0 Å². The summed E-state index contributed by atoms with van der Waals surface area (Å²) in [4.78, 5) is 17.8. The summed E-state index contributed by atoms with van der Waals surface area (Å²) in [5, 5.41) is 3.66. The molecule has 1 aliphatic rings. The normalized spacial score (nSPS) is 20.0. The fourth-order valence-corrected chi connectivity index (χ4v) is 3.96. The van der Waals surface area contributed by atoms with E-state index in [2.05, 4.69) is 22.4 Å². The molecule has 1 heterocycles. The molecule has 0 unspecified atom stereocenters. The Hall–Kier alpha value is -1.43. The van der Waals surface area contributed by atoms with Crippen LogP contribution in [0, 0.1) is 11.8 Å². The van der Waals surface area contributed by atoms with E-state index in [4.69, 9.17) is 5.73 Å². The monoisotopic (exact) mass is 351 g/mol. The smallest absolute Gasteiger partial charge is 0.229 e. The van der Waals surface area contributed by atoms with Crippen LogP contribution in [-0.2, 0) is 11.2 Å². The van der Waals surface area contributed by atoms with Gasteiger partial charge in [0.1, 0.15) is 0 Å². The Morgan fingerprint density at radius 1 is 1.30 bits per heavy atom. The van der Waals surface area contributed by atoms with Gasteiger partial charge in [-0.1, -0.05) is 36.8 Å². The summed E-state index contributed by atoms with van der Waals surface area (Å²) in [6.45, 7) is 0.592.